The Bertz CT molecular complexity index is 514. The van der Waals surface area contributed by atoms with Crippen LogP contribution in [0.3, 0.4) is 0 Å². The van der Waals surface area contributed by atoms with Crippen LogP contribution in [-0.2, 0) is 16.0 Å². The highest BCUT2D eigenvalue weighted by molar-refractivity contribution is 9.10. The predicted molar refractivity (Wildman–Crippen MR) is 76.0 cm³/mol. The zero-order valence-electron chi connectivity index (χ0n) is 10.7. The Labute approximate surface area is 124 Å². The molecule has 1 fully saturated rings. The number of hydrogen-bond acceptors (Lipinski definition) is 3. The summed E-state index contributed by atoms with van der Waals surface area (Å²) in [6.07, 6.45) is 0.271. The number of carbonyl (C=O) groups is 3. The molecule has 20 heavy (non-hydrogen) atoms. The molecule has 4 amide bonds. The molecule has 6 nitrogen and oxygen atoms in total. The van der Waals surface area contributed by atoms with Gasteiger partial charge in [0.05, 0.1) is 13.0 Å². The van der Waals surface area contributed by atoms with Crippen molar-refractivity contribution in [3.63, 3.8) is 0 Å². The highest BCUT2D eigenvalue weighted by Crippen LogP contribution is 2.10. The molecule has 1 aliphatic heterocycles. The van der Waals surface area contributed by atoms with Crippen LogP contribution in [0.4, 0.5) is 4.79 Å². The Morgan fingerprint density at radius 3 is 2.60 bits per heavy atom. The smallest absolute Gasteiger partial charge is 0.324 e. The van der Waals surface area contributed by atoms with Gasteiger partial charge in [-0.15, -0.1) is 0 Å². The summed E-state index contributed by atoms with van der Waals surface area (Å²) in [7, 11) is 0. The summed E-state index contributed by atoms with van der Waals surface area (Å²) in [4.78, 5) is 35.4. The maximum absolute atomic E-state index is 11.7. The van der Waals surface area contributed by atoms with Gasteiger partial charge in [0.25, 0.3) is 0 Å². The van der Waals surface area contributed by atoms with Gasteiger partial charge >= 0.3 is 6.03 Å². The lowest BCUT2D eigenvalue weighted by Gasteiger charge is -2.12. The SMILES string of the molecule is O=C(Cc1ccc(Br)cc1)NCCN1C(=O)CNC1=O. The number of halogens is 1. The molecule has 0 aliphatic carbocycles. The Morgan fingerprint density at radius 2 is 2.00 bits per heavy atom. The van der Waals surface area contributed by atoms with Gasteiger partial charge in [0.1, 0.15) is 0 Å². The number of carbonyl (C=O) groups excluding carboxylic acids is 3. The van der Waals surface area contributed by atoms with E-state index in [9.17, 15) is 14.4 Å². The minimum Gasteiger partial charge on any atom is -0.354 e. The van der Waals surface area contributed by atoms with Gasteiger partial charge in [-0.3, -0.25) is 14.5 Å². The number of urea groups is 1. The highest BCUT2D eigenvalue weighted by atomic mass is 79.9. The Balaban J connectivity index is 1.74. The molecular weight excluding hydrogens is 326 g/mol. The standard InChI is InChI=1S/C13H14BrN3O3/c14-10-3-1-9(2-4-10)7-11(18)15-5-6-17-12(19)8-16-13(17)20/h1-4H,5-8H2,(H,15,18)(H,16,20). The van der Waals surface area contributed by atoms with Crippen molar-refractivity contribution in [2.45, 2.75) is 6.42 Å². The zero-order valence-corrected chi connectivity index (χ0v) is 12.3. The van der Waals surface area contributed by atoms with Gasteiger partial charge in [0.15, 0.2) is 0 Å². The molecule has 0 radical (unpaired) electrons. The molecule has 1 aromatic carbocycles. The number of nitrogens with zero attached hydrogens (tertiary/aromatic N) is 1. The maximum atomic E-state index is 11.7. The zero-order chi connectivity index (χ0) is 14.5. The van der Waals surface area contributed by atoms with E-state index >= 15 is 0 Å². The van der Waals surface area contributed by atoms with Gasteiger partial charge < -0.3 is 10.6 Å². The lowest BCUT2D eigenvalue weighted by atomic mass is 10.1. The van der Waals surface area contributed by atoms with Crippen LogP contribution < -0.4 is 10.6 Å². The van der Waals surface area contributed by atoms with E-state index in [1.807, 2.05) is 24.3 Å². The van der Waals surface area contributed by atoms with Crippen molar-refractivity contribution in [3.8, 4) is 0 Å². The molecule has 1 saturated heterocycles. The topological polar surface area (TPSA) is 78.5 Å². The summed E-state index contributed by atoms with van der Waals surface area (Å²) in [6, 6.07) is 7.06. The van der Waals surface area contributed by atoms with E-state index in [4.69, 9.17) is 0 Å². The predicted octanol–water partition coefficient (Wildman–Crippen LogP) is 0.660. The summed E-state index contributed by atoms with van der Waals surface area (Å²) in [5, 5.41) is 5.11. The third-order valence-electron chi connectivity index (χ3n) is 2.87. The quantitative estimate of drug-likeness (QED) is 0.773. The Kier molecular flexibility index (Phi) is 4.73. The van der Waals surface area contributed by atoms with E-state index in [1.54, 1.807) is 0 Å². The van der Waals surface area contributed by atoms with Crippen LogP contribution in [0, 0.1) is 0 Å². The van der Waals surface area contributed by atoms with Gasteiger partial charge in [0, 0.05) is 17.6 Å². The van der Waals surface area contributed by atoms with Crippen LogP contribution in [0.25, 0.3) is 0 Å². The second kappa shape index (κ2) is 6.51. The molecule has 1 aromatic rings. The molecule has 2 N–H and O–H groups in total. The lowest BCUT2D eigenvalue weighted by Crippen LogP contribution is -2.39. The van der Waals surface area contributed by atoms with Gasteiger partial charge in [-0.2, -0.15) is 0 Å². The van der Waals surface area contributed by atoms with Crippen molar-refractivity contribution in [1.82, 2.24) is 15.5 Å². The molecule has 7 heteroatoms. The Hall–Kier alpha value is -1.89. The summed E-state index contributed by atoms with van der Waals surface area (Å²) in [5.41, 5.74) is 0.903. The van der Waals surface area contributed by atoms with Crippen molar-refractivity contribution in [3.05, 3.63) is 34.3 Å². The third-order valence-corrected chi connectivity index (χ3v) is 3.40. The van der Waals surface area contributed by atoms with Crippen LogP contribution in [-0.4, -0.2) is 42.4 Å². The van der Waals surface area contributed by atoms with E-state index in [2.05, 4.69) is 26.6 Å². The lowest BCUT2D eigenvalue weighted by molar-refractivity contribution is -0.125. The first-order valence-electron chi connectivity index (χ1n) is 6.15. The number of benzene rings is 1. The highest BCUT2D eigenvalue weighted by Gasteiger charge is 2.27. The van der Waals surface area contributed by atoms with Gasteiger partial charge in [-0.1, -0.05) is 28.1 Å². The molecule has 2 rings (SSSR count). The first-order valence-corrected chi connectivity index (χ1v) is 6.95. The van der Waals surface area contributed by atoms with E-state index in [1.165, 1.54) is 0 Å². The normalized spacial score (nSPS) is 14.3. The largest absolute Gasteiger partial charge is 0.354 e. The number of nitrogens with one attached hydrogen (secondary N) is 2. The second-order valence-corrected chi connectivity index (χ2v) is 5.27. The van der Waals surface area contributed by atoms with E-state index in [0.29, 0.717) is 0 Å². The molecule has 0 spiro atoms. The van der Waals surface area contributed by atoms with Crippen LogP contribution in [0.15, 0.2) is 28.7 Å². The van der Waals surface area contributed by atoms with E-state index in [-0.39, 0.29) is 37.9 Å². The molecule has 1 heterocycles. The fourth-order valence-corrected chi connectivity index (χ4v) is 2.10. The van der Waals surface area contributed by atoms with Crippen molar-refractivity contribution < 1.29 is 14.4 Å². The second-order valence-electron chi connectivity index (χ2n) is 4.36. The molecule has 1 aliphatic rings. The fourth-order valence-electron chi connectivity index (χ4n) is 1.84. The summed E-state index contributed by atoms with van der Waals surface area (Å²) in [5.74, 6) is -0.406. The van der Waals surface area contributed by atoms with Crippen LogP contribution >= 0.6 is 15.9 Å². The maximum Gasteiger partial charge on any atom is 0.324 e. The monoisotopic (exact) mass is 339 g/mol. The molecule has 0 aromatic heterocycles. The molecule has 0 saturated carbocycles. The van der Waals surface area contributed by atoms with Crippen LogP contribution in [0.2, 0.25) is 0 Å². The number of hydrogen-bond donors (Lipinski definition) is 2. The summed E-state index contributed by atoms with van der Waals surface area (Å²) >= 11 is 3.33. The van der Waals surface area contributed by atoms with Gasteiger partial charge in [0.2, 0.25) is 11.8 Å². The van der Waals surface area contributed by atoms with E-state index in [0.717, 1.165) is 14.9 Å². The third kappa shape index (κ3) is 3.80. The molecule has 106 valence electrons. The van der Waals surface area contributed by atoms with Crippen LogP contribution in [0.1, 0.15) is 5.56 Å². The number of amides is 4. The summed E-state index contributed by atoms with van der Waals surface area (Å²) in [6.45, 7) is 0.483. The summed E-state index contributed by atoms with van der Waals surface area (Å²) < 4.78 is 0.959. The number of imide groups is 1. The fraction of sp³-hybridized carbons (Fsp3) is 0.308. The average Bonchev–Trinajstić information content (AvgIpc) is 2.73. The van der Waals surface area contributed by atoms with Crippen molar-refractivity contribution >= 4 is 33.8 Å². The minimum absolute atomic E-state index is 0.0334. The van der Waals surface area contributed by atoms with Gasteiger partial charge in [-0.25, -0.2) is 4.79 Å². The van der Waals surface area contributed by atoms with Crippen molar-refractivity contribution in [2.24, 2.45) is 0 Å². The van der Waals surface area contributed by atoms with Crippen LogP contribution in [0.5, 0.6) is 0 Å². The molecule has 0 atom stereocenters. The first kappa shape index (κ1) is 14.5. The Morgan fingerprint density at radius 1 is 1.30 bits per heavy atom. The van der Waals surface area contributed by atoms with Gasteiger partial charge in [-0.05, 0) is 17.7 Å². The molecule has 0 bridgehead atoms. The minimum atomic E-state index is -0.405. The molecule has 0 unspecified atom stereocenters. The number of rotatable bonds is 5. The molecular formula is C13H14BrN3O3. The van der Waals surface area contributed by atoms with Crippen molar-refractivity contribution in [1.29, 1.82) is 0 Å². The van der Waals surface area contributed by atoms with E-state index < -0.39 is 6.03 Å². The average molecular weight is 340 g/mol. The first-order chi connectivity index (χ1) is 9.56. The van der Waals surface area contributed by atoms with Crippen molar-refractivity contribution in [2.75, 3.05) is 19.6 Å².